The molecular weight excluding hydrogens is 338 g/mol. The van der Waals surface area contributed by atoms with Crippen molar-refractivity contribution in [3.8, 4) is 0 Å². The fourth-order valence-electron chi connectivity index (χ4n) is 4.05. The van der Waals surface area contributed by atoms with Crippen molar-refractivity contribution in [3.63, 3.8) is 0 Å². The van der Waals surface area contributed by atoms with Crippen LogP contribution in [0.3, 0.4) is 0 Å². The summed E-state index contributed by atoms with van der Waals surface area (Å²) in [7, 11) is 0. The van der Waals surface area contributed by atoms with Crippen molar-refractivity contribution >= 4 is 5.91 Å². The fraction of sp³-hybridized carbons (Fsp3) is 0.650. The topological polar surface area (TPSA) is 52.6 Å². The highest BCUT2D eigenvalue weighted by Gasteiger charge is 2.42. The van der Waals surface area contributed by atoms with Gasteiger partial charge in [0.1, 0.15) is 0 Å². The summed E-state index contributed by atoms with van der Waals surface area (Å²) < 4.78 is 27.3. The van der Waals surface area contributed by atoms with Gasteiger partial charge in [-0.2, -0.15) is 0 Å². The van der Waals surface area contributed by atoms with E-state index in [-0.39, 0.29) is 18.7 Å². The zero-order valence-corrected chi connectivity index (χ0v) is 15.1. The number of rotatable bonds is 5. The van der Waals surface area contributed by atoms with Crippen LogP contribution >= 0.6 is 0 Å². The number of hydrogen-bond acceptors (Lipinski definition) is 3. The smallest absolute Gasteiger partial charge is 0.256 e. The number of piperidine rings is 1. The molecule has 0 aromatic heterocycles. The quantitative estimate of drug-likeness (QED) is 0.788. The Morgan fingerprint density at radius 3 is 2.62 bits per heavy atom. The highest BCUT2D eigenvalue weighted by atomic mass is 19.2. The summed E-state index contributed by atoms with van der Waals surface area (Å²) in [4.78, 5) is 14.2. The van der Waals surface area contributed by atoms with Crippen LogP contribution in [0.1, 0.15) is 56.9 Å². The molecule has 1 saturated heterocycles. The molecule has 26 heavy (non-hydrogen) atoms. The van der Waals surface area contributed by atoms with Crippen LogP contribution in [0.4, 0.5) is 8.78 Å². The summed E-state index contributed by atoms with van der Waals surface area (Å²) in [6, 6.07) is 4.31. The van der Waals surface area contributed by atoms with Gasteiger partial charge in [-0.05, 0) is 31.7 Å². The normalized spacial score (nSPS) is 25.3. The summed E-state index contributed by atoms with van der Waals surface area (Å²) in [6.07, 6.45) is 8.02. The Morgan fingerprint density at radius 1 is 1.15 bits per heavy atom. The number of halogens is 2. The Kier molecular flexibility index (Phi) is 6.24. The molecule has 0 bridgehead atoms. The van der Waals surface area contributed by atoms with Gasteiger partial charge in [0.15, 0.2) is 17.2 Å². The maximum absolute atomic E-state index is 13.9. The number of nitrogens with zero attached hydrogens (tertiary/aromatic N) is 1. The van der Waals surface area contributed by atoms with E-state index in [1.165, 1.54) is 42.7 Å². The van der Waals surface area contributed by atoms with Crippen LogP contribution in [0.5, 0.6) is 0 Å². The molecule has 0 radical (unpaired) electrons. The number of benzene rings is 1. The van der Waals surface area contributed by atoms with Gasteiger partial charge in [0, 0.05) is 31.2 Å². The van der Waals surface area contributed by atoms with Crippen LogP contribution in [0.25, 0.3) is 0 Å². The predicted octanol–water partition coefficient (Wildman–Crippen LogP) is 3.13. The number of nitrogens with one attached hydrogen (secondary N) is 1. The van der Waals surface area contributed by atoms with Gasteiger partial charge >= 0.3 is 0 Å². The lowest BCUT2D eigenvalue weighted by molar-refractivity contribution is -0.157. The third kappa shape index (κ3) is 4.41. The van der Waals surface area contributed by atoms with Gasteiger partial charge in [-0.3, -0.25) is 4.79 Å². The maximum Gasteiger partial charge on any atom is 0.256 e. The second-order valence-corrected chi connectivity index (χ2v) is 7.64. The average Bonchev–Trinajstić information content (AvgIpc) is 2.90. The van der Waals surface area contributed by atoms with E-state index in [1.54, 1.807) is 0 Å². The van der Waals surface area contributed by atoms with E-state index >= 15 is 0 Å². The van der Waals surface area contributed by atoms with E-state index in [1.807, 2.05) is 0 Å². The van der Waals surface area contributed by atoms with Gasteiger partial charge in [0.25, 0.3) is 5.91 Å². The van der Waals surface area contributed by atoms with Crippen molar-refractivity contribution < 1.29 is 18.7 Å². The van der Waals surface area contributed by atoms with Crippen LogP contribution in [-0.4, -0.2) is 40.6 Å². The number of amides is 1. The first-order valence-corrected chi connectivity index (χ1v) is 9.68. The van der Waals surface area contributed by atoms with Gasteiger partial charge in [-0.15, -0.1) is 0 Å². The first-order valence-electron chi connectivity index (χ1n) is 9.68. The van der Waals surface area contributed by atoms with Gasteiger partial charge in [0.2, 0.25) is 0 Å². The van der Waals surface area contributed by atoms with Gasteiger partial charge < -0.3 is 15.3 Å². The molecule has 144 valence electrons. The third-order valence-corrected chi connectivity index (χ3v) is 5.63. The maximum atomic E-state index is 13.9. The lowest BCUT2D eigenvalue weighted by atomic mass is 9.90. The minimum atomic E-state index is -1.46. The monoisotopic (exact) mass is 366 g/mol. The van der Waals surface area contributed by atoms with E-state index in [4.69, 9.17) is 0 Å². The molecule has 1 aliphatic carbocycles. The molecule has 4 nitrogen and oxygen atoms in total. The minimum absolute atomic E-state index is 0.0197. The first-order chi connectivity index (χ1) is 12.5. The molecule has 2 aliphatic rings. The predicted molar refractivity (Wildman–Crippen MR) is 95.5 cm³/mol. The molecule has 3 rings (SSSR count). The van der Waals surface area contributed by atoms with Crippen molar-refractivity contribution in [2.45, 2.75) is 69.6 Å². The molecule has 1 heterocycles. The molecular formula is C20H28F2N2O2. The summed E-state index contributed by atoms with van der Waals surface area (Å²) in [5, 5.41) is 14.3. The zero-order chi connectivity index (χ0) is 18.6. The van der Waals surface area contributed by atoms with E-state index in [0.29, 0.717) is 25.4 Å². The Hall–Kier alpha value is -1.53. The number of hydrogen-bond donors (Lipinski definition) is 2. The highest BCUT2D eigenvalue weighted by molar-refractivity contribution is 5.86. The van der Waals surface area contributed by atoms with Gasteiger partial charge in [0.05, 0.1) is 0 Å². The van der Waals surface area contributed by atoms with Crippen LogP contribution in [0, 0.1) is 11.6 Å². The van der Waals surface area contributed by atoms with Crippen LogP contribution in [0.15, 0.2) is 18.2 Å². The molecule has 2 fully saturated rings. The molecule has 1 aliphatic heterocycles. The number of carbonyl (C=O) groups excluding carboxylic acids is 1. The molecule has 6 heteroatoms. The summed E-state index contributed by atoms with van der Waals surface area (Å²) in [6.45, 7) is 0.646. The van der Waals surface area contributed by atoms with Gasteiger partial charge in [-0.1, -0.05) is 37.8 Å². The number of aliphatic hydroxyl groups is 1. The summed E-state index contributed by atoms with van der Waals surface area (Å²) >= 11 is 0. The van der Waals surface area contributed by atoms with E-state index in [0.717, 1.165) is 18.9 Å². The number of likely N-dealkylation sites (tertiary alicyclic amines) is 1. The molecule has 0 spiro atoms. The summed E-state index contributed by atoms with van der Waals surface area (Å²) in [5.74, 6) is -2.24. The largest absolute Gasteiger partial charge is 0.379 e. The molecule has 2 N–H and O–H groups in total. The first kappa shape index (κ1) is 19.2. The third-order valence-electron chi connectivity index (χ3n) is 5.63. The molecule has 1 atom stereocenters. The minimum Gasteiger partial charge on any atom is -0.379 e. The fourth-order valence-corrected chi connectivity index (χ4v) is 4.05. The van der Waals surface area contributed by atoms with Crippen LogP contribution < -0.4 is 5.32 Å². The molecule has 1 aromatic carbocycles. The Bertz CT molecular complexity index is 632. The zero-order valence-electron chi connectivity index (χ0n) is 15.1. The van der Waals surface area contributed by atoms with Crippen LogP contribution in [-0.2, 0) is 11.3 Å². The van der Waals surface area contributed by atoms with E-state index < -0.39 is 23.1 Å². The van der Waals surface area contributed by atoms with Crippen molar-refractivity contribution in [3.05, 3.63) is 35.4 Å². The molecule has 1 saturated carbocycles. The highest BCUT2D eigenvalue weighted by Crippen LogP contribution is 2.26. The lowest BCUT2D eigenvalue weighted by Gasteiger charge is -2.39. The molecule has 1 amide bonds. The van der Waals surface area contributed by atoms with Crippen molar-refractivity contribution in [1.29, 1.82) is 0 Å². The van der Waals surface area contributed by atoms with E-state index in [9.17, 15) is 18.7 Å². The van der Waals surface area contributed by atoms with Crippen molar-refractivity contribution in [1.82, 2.24) is 10.2 Å². The standard InChI is InChI=1S/C20H28F2N2O2/c21-17-10-5-7-15(18(17)22)13-24-12-6-11-20(26,19(24)25)14-23-16-8-3-1-2-4-9-16/h5,7,10,16,23,26H,1-4,6,8-9,11-14H2/t20-/m1/s1. The second kappa shape index (κ2) is 8.44. The van der Waals surface area contributed by atoms with Crippen molar-refractivity contribution in [2.75, 3.05) is 13.1 Å². The Labute approximate surface area is 153 Å². The molecule has 0 unspecified atom stereocenters. The van der Waals surface area contributed by atoms with Gasteiger partial charge in [-0.25, -0.2) is 8.78 Å². The lowest BCUT2D eigenvalue weighted by Crippen LogP contribution is -2.58. The van der Waals surface area contributed by atoms with Crippen LogP contribution in [0.2, 0.25) is 0 Å². The Morgan fingerprint density at radius 2 is 1.88 bits per heavy atom. The summed E-state index contributed by atoms with van der Waals surface area (Å²) in [5.41, 5.74) is -1.33. The van der Waals surface area contributed by atoms with E-state index in [2.05, 4.69) is 5.32 Å². The average molecular weight is 366 g/mol. The molecule has 1 aromatic rings. The second-order valence-electron chi connectivity index (χ2n) is 7.64. The Balaban J connectivity index is 1.63. The van der Waals surface area contributed by atoms with Crippen molar-refractivity contribution in [2.24, 2.45) is 0 Å². The SMILES string of the molecule is O=C1N(Cc2cccc(F)c2F)CCC[C@@]1(O)CNC1CCCCCC1. The number of carbonyl (C=O) groups is 1.